The van der Waals surface area contributed by atoms with Crippen molar-refractivity contribution in [1.82, 2.24) is 4.98 Å². The van der Waals surface area contributed by atoms with E-state index in [2.05, 4.69) is 9.72 Å². The van der Waals surface area contributed by atoms with Crippen LogP contribution < -0.4 is 17.0 Å². The van der Waals surface area contributed by atoms with Gasteiger partial charge in [0.15, 0.2) is 6.29 Å². The Bertz CT molecular complexity index is 179. The molecule has 0 bridgehead atoms. The number of ether oxygens (including phenoxy) is 1. The molecule has 11 heavy (non-hydrogen) atoms. The summed E-state index contributed by atoms with van der Waals surface area (Å²) in [5.41, 5.74) is 0. The normalized spacial score (nSPS) is 12.2. The zero-order chi connectivity index (χ0) is 7.40. The molecule has 0 fully saturated rings. The molecular weight excluding hydrogens is 168 g/mol. The third-order valence-corrected chi connectivity index (χ3v) is 1.24. The molecule has 1 rings (SSSR count). The molecule has 1 unspecified atom stereocenters. The van der Waals surface area contributed by atoms with Crippen LogP contribution in [-0.2, 0) is 11.3 Å². The summed E-state index contributed by atoms with van der Waals surface area (Å²) in [5.74, 6) is 0. The van der Waals surface area contributed by atoms with E-state index in [4.69, 9.17) is 5.11 Å². The van der Waals surface area contributed by atoms with Crippen LogP contribution in [0.4, 0.5) is 0 Å². The van der Waals surface area contributed by atoms with E-state index in [-0.39, 0.29) is 12.4 Å². The molecule has 0 saturated carbocycles. The van der Waals surface area contributed by atoms with Crippen LogP contribution in [0.1, 0.15) is 0 Å². The lowest BCUT2D eigenvalue weighted by molar-refractivity contribution is -0.708. The van der Waals surface area contributed by atoms with E-state index in [1.165, 1.54) is 7.11 Å². The second-order valence-corrected chi connectivity index (χ2v) is 2.00. The number of imidazole rings is 1. The molecule has 0 aliphatic carbocycles. The standard InChI is InChI=1S/C6H10N2O2.ClH/c1-10-6(9)4-8-3-2-7-5-8;/h2-3,5-6,9H,4H2,1H3;1H. The van der Waals surface area contributed by atoms with Gasteiger partial charge in [-0.1, -0.05) is 0 Å². The summed E-state index contributed by atoms with van der Waals surface area (Å²) in [4.78, 5) is 2.86. The van der Waals surface area contributed by atoms with E-state index >= 15 is 0 Å². The highest BCUT2D eigenvalue weighted by Gasteiger charge is 2.04. The molecule has 0 spiro atoms. The zero-order valence-electron chi connectivity index (χ0n) is 6.20. The first kappa shape index (κ1) is 10.4. The Morgan fingerprint density at radius 1 is 1.73 bits per heavy atom. The third-order valence-electron chi connectivity index (χ3n) is 1.24. The lowest BCUT2D eigenvalue weighted by atomic mass is 10.6. The zero-order valence-corrected chi connectivity index (χ0v) is 6.95. The number of H-pyrrole nitrogens is 1. The van der Waals surface area contributed by atoms with E-state index < -0.39 is 6.29 Å². The van der Waals surface area contributed by atoms with Crippen LogP contribution in [0.2, 0.25) is 0 Å². The Labute approximate surface area is 71.2 Å². The Kier molecular flexibility index (Phi) is 4.85. The van der Waals surface area contributed by atoms with Crippen LogP contribution in [0, 0.1) is 0 Å². The van der Waals surface area contributed by atoms with Crippen molar-refractivity contribution in [2.24, 2.45) is 0 Å². The molecule has 0 saturated heterocycles. The van der Waals surface area contributed by atoms with Gasteiger partial charge in [0.25, 0.3) is 0 Å². The predicted molar refractivity (Wildman–Crippen MR) is 34.0 cm³/mol. The van der Waals surface area contributed by atoms with Gasteiger partial charge in [-0.3, -0.25) is 4.98 Å². The first-order chi connectivity index (χ1) is 4.83. The minimum absolute atomic E-state index is 0. The molecule has 4 nitrogen and oxygen atoms in total. The Morgan fingerprint density at radius 2 is 2.45 bits per heavy atom. The van der Waals surface area contributed by atoms with Crippen LogP contribution in [0.5, 0.6) is 0 Å². The van der Waals surface area contributed by atoms with Gasteiger partial charge in [0, 0.05) is 7.11 Å². The molecule has 0 radical (unpaired) electrons. The number of halogens is 1. The second-order valence-electron chi connectivity index (χ2n) is 2.00. The van der Waals surface area contributed by atoms with Crippen molar-refractivity contribution >= 4 is 0 Å². The molecule has 1 atom stereocenters. The van der Waals surface area contributed by atoms with E-state index in [1.54, 1.807) is 17.1 Å². The highest BCUT2D eigenvalue weighted by atomic mass is 35.5. The summed E-state index contributed by atoms with van der Waals surface area (Å²) < 4.78 is 6.44. The van der Waals surface area contributed by atoms with Crippen LogP contribution in [0.3, 0.4) is 0 Å². The van der Waals surface area contributed by atoms with Crippen LogP contribution in [-0.4, -0.2) is 23.5 Å². The number of rotatable bonds is 3. The van der Waals surface area contributed by atoms with Crippen molar-refractivity contribution in [2.75, 3.05) is 7.11 Å². The van der Waals surface area contributed by atoms with E-state index in [9.17, 15) is 0 Å². The molecule has 1 aromatic rings. The van der Waals surface area contributed by atoms with Crippen molar-refractivity contribution in [1.29, 1.82) is 0 Å². The fourth-order valence-electron chi connectivity index (χ4n) is 0.689. The van der Waals surface area contributed by atoms with E-state index in [0.29, 0.717) is 6.54 Å². The Morgan fingerprint density at radius 3 is 2.91 bits per heavy atom. The van der Waals surface area contributed by atoms with Gasteiger partial charge < -0.3 is 22.3 Å². The molecule has 1 aromatic heterocycles. The number of methoxy groups -OCH3 is 1. The predicted octanol–water partition coefficient (Wildman–Crippen LogP) is -3.73. The van der Waals surface area contributed by atoms with E-state index in [1.807, 2.05) is 6.20 Å². The SMILES string of the molecule is COC(O)C[n+]1cc[nH]c1.[Cl-]. The summed E-state index contributed by atoms with van der Waals surface area (Å²) >= 11 is 0. The molecule has 64 valence electrons. The van der Waals surface area contributed by atoms with Crippen LogP contribution >= 0.6 is 0 Å². The number of aromatic nitrogens is 2. The molecule has 5 heteroatoms. The molecule has 1 heterocycles. The van der Waals surface area contributed by atoms with Crippen molar-refractivity contribution in [3.63, 3.8) is 0 Å². The maximum atomic E-state index is 8.97. The molecule has 0 aromatic carbocycles. The van der Waals surface area contributed by atoms with Gasteiger partial charge >= 0.3 is 0 Å². The molecule has 2 N–H and O–H groups in total. The lowest BCUT2D eigenvalue weighted by Gasteiger charge is -2.03. The monoisotopic (exact) mass is 178 g/mol. The molecule has 0 amide bonds. The summed E-state index contributed by atoms with van der Waals surface area (Å²) in [6, 6.07) is 0. The molecular formula is C6H11ClN2O2. The summed E-state index contributed by atoms with van der Waals surface area (Å²) in [6.45, 7) is 0.458. The number of aliphatic hydroxyl groups is 1. The highest BCUT2D eigenvalue weighted by Crippen LogP contribution is 1.81. The average Bonchev–Trinajstić information content (AvgIpc) is 2.40. The lowest BCUT2D eigenvalue weighted by Crippen LogP contribution is -3.00. The number of nitrogens with one attached hydrogen (secondary N) is 1. The number of aliphatic hydroxyl groups excluding tert-OH is 1. The summed E-state index contributed by atoms with van der Waals surface area (Å²) in [7, 11) is 1.47. The van der Waals surface area contributed by atoms with Gasteiger partial charge in [0.05, 0.1) is 0 Å². The molecule has 0 aliphatic heterocycles. The Balaban J connectivity index is 0.000001000. The number of hydrogen-bond donors (Lipinski definition) is 2. The maximum Gasteiger partial charge on any atom is 0.241 e. The van der Waals surface area contributed by atoms with Gasteiger partial charge in [-0.05, 0) is 0 Å². The maximum absolute atomic E-state index is 8.97. The Hall–Kier alpha value is -0.580. The topological polar surface area (TPSA) is 49.1 Å². The fraction of sp³-hybridized carbons (Fsp3) is 0.500. The van der Waals surface area contributed by atoms with Gasteiger partial charge in [0.1, 0.15) is 18.9 Å². The minimum atomic E-state index is -0.721. The quantitative estimate of drug-likeness (QED) is 0.370. The van der Waals surface area contributed by atoms with Crippen LogP contribution in [0.25, 0.3) is 0 Å². The van der Waals surface area contributed by atoms with Gasteiger partial charge in [-0.25, -0.2) is 4.57 Å². The minimum Gasteiger partial charge on any atom is -1.00 e. The third kappa shape index (κ3) is 3.36. The van der Waals surface area contributed by atoms with Crippen LogP contribution in [0.15, 0.2) is 18.7 Å². The summed E-state index contributed by atoms with van der Waals surface area (Å²) in [5, 5.41) is 8.97. The first-order valence-corrected chi connectivity index (χ1v) is 3.05. The summed E-state index contributed by atoms with van der Waals surface area (Å²) in [6.07, 6.45) is 4.63. The largest absolute Gasteiger partial charge is 1.00 e. The fourth-order valence-corrected chi connectivity index (χ4v) is 0.689. The molecule has 0 aliphatic rings. The number of hydrogen-bond acceptors (Lipinski definition) is 2. The van der Waals surface area contributed by atoms with Crippen molar-refractivity contribution in [2.45, 2.75) is 12.8 Å². The first-order valence-electron chi connectivity index (χ1n) is 3.05. The van der Waals surface area contributed by atoms with Gasteiger partial charge in [-0.2, -0.15) is 0 Å². The van der Waals surface area contributed by atoms with Crippen molar-refractivity contribution < 1.29 is 26.8 Å². The van der Waals surface area contributed by atoms with Crippen molar-refractivity contribution in [3.8, 4) is 0 Å². The van der Waals surface area contributed by atoms with E-state index in [0.717, 1.165) is 0 Å². The highest BCUT2D eigenvalue weighted by molar-refractivity contribution is 4.55. The van der Waals surface area contributed by atoms with Gasteiger partial charge in [-0.15, -0.1) is 0 Å². The van der Waals surface area contributed by atoms with Crippen molar-refractivity contribution in [3.05, 3.63) is 18.7 Å². The number of nitrogens with zero attached hydrogens (tertiary/aromatic N) is 1. The number of aromatic amines is 1. The average molecular weight is 179 g/mol. The smallest absolute Gasteiger partial charge is 0.241 e. The second kappa shape index (κ2) is 5.12. The van der Waals surface area contributed by atoms with Gasteiger partial charge in [0.2, 0.25) is 6.33 Å².